The third-order valence-electron chi connectivity index (χ3n) is 6.10. The van der Waals surface area contributed by atoms with E-state index in [0.717, 1.165) is 44.9 Å². The number of hydrogen-bond acceptors (Lipinski definition) is 5. The van der Waals surface area contributed by atoms with Gasteiger partial charge >= 0.3 is 0 Å². The van der Waals surface area contributed by atoms with Crippen molar-refractivity contribution in [1.29, 1.82) is 0 Å². The van der Waals surface area contributed by atoms with Crippen molar-refractivity contribution in [1.82, 2.24) is 19.3 Å². The zero-order valence-corrected chi connectivity index (χ0v) is 20.4. The van der Waals surface area contributed by atoms with E-state index >= 15 is 0 Å². The summed E-state index contributed by atoms with van der Waals surface area (Å²) in [7, 11) is 5.24. The molecular weight excluding hydrogens is 440 g/mol. The molecule has 7 nitrogen and oxygen atoms in total. The molecule has 0 atom stereocenters. The van der Waals surface area contributed by atoms with E-state index < -0.39 is 0 Å². The van der Waals surface area contributed by atoms with E-state index in [1.54, 1.807) is 18.9 Å². The molecular formula is C28H28N4O3. The van der Waals surface area contributed by atoms with E-state index in [0.29, 0.717) is 24.7 Å². The minimum atomic E-state index is 0.449. The molecule has 0 amide bonds. The first kappa shape index (κ1) is 22.5. The molecule has 0 saturated heterocycles. The number of aryl methyl sites for hydroxylation is 2. The fraction of sp³-hybridized carbons (Fsp3) is 0.214. The Morgan fingerprint density at radius 1 is 0.829 bits per heavy atom. The Kier molecular flexibility index (Phi) is 6.14. The molecule has 2 aromatic heterocycles. The van der Waals surface area contributed by atoms with Crippen LogP contribution in [0.1, 0.15) is 17.0 Å². The lowest BCUT2D eigenvalue weighted by Gasteiger charge is -2.14. The zero-order chi connectivity index (χ0) is 24.4. The fourth-order valence-corrected chi connectivity index (χ4v) is 4.19. The van der Waals surface area contributed by atoms with E-state index in [1.165, 1.54) is 0 Å². The van der Waals surface area contributed by atoms with Crippen molar-refractivity contribution < 1.29 is 14.2 Å². The molecule has 0 fully saturated rings. The van der Waals surface area contributed by atoms with E-state index in [-0.39, 0.29) is 0 Å². The van der Waals surface area contributed by atoms with Gasteiger partial charge in [-0.25, -0.2) is 4.98 Å². The Balaban J connectivity index is 1.35. The Morgan fingerprint density at radius 3 is 2.34 bits per heavy atom. The lowest BCUT2D eigenvalue weighted by Crippen LogP contribution is -2.03. The number of benzene rings is 3. The van der Waals surface area contributed by atoms with E-state index in [1.807, 2.05) is 62.8 Å². The van der Waals surface area contributed by atoms with Crippen LogP contribution in [0.25, 0.3) is 22.2 Å². The zero-order valence-electron chi connectivity index (χ0n) is 20.4. The van der Waals surface area contributed by atoms with Crippen molar-refractivity contribution in [2.45, 2.75) is 20.1 Å². The van der Waals surface area contributed by atoms with Crippen LogP contribution in [0.4, 0.5) is 0 Å². The van der Waals surface area contributed by atoms with Crippen molar-refractivity contribution in [2.75, 3.05) is 14.2 Å². The first-order valence-electron chi connectivity index (χ1n) is 11.4. The molecule has 0 bridgehead atoms. The lowest BCUT2D eigenvalue weighted by molar-refractivity contribution is 0.284. The Hall–Kier alpha value is -4.26. The number of rotatable bonds is 8. The summed E-state index contributed by atoms with van der Waals surface area (Å²) in [6.07, 6.45) is 3.88. The fourth-order valence-electron chi connectivity index (χ4n) is 4.19. The maximum absolute atomic E-state index is 6.04. The van der Waals surface area contributed by atoms with Crippen molar-refractivity contribution in [3.8, 4) is 28.4 Å². The van der Waals surface area contributed by atoms with Crippen LogP contribution in [-0.2, 0) is 20.2 Å². The third kappa shape index (κ3) is 4.71. The normalized spacial score (nSPS) is 11.1. The minimum absolute atomic E-state index is 0.449. The van der Waals surface area contributed by atoms with Gasteiger partial charge in [0.25, 0.3) is 0 Å². The number of methoxy groups -OCH3 is 2. The van der Waals surface area contributed by atoms with Gasteiger partial charge in [0, 0.05) is 25.4 Å². The molecule has 0 unspecified atom stereocenters. The summed E-state index contributed by atoms with van der Waals surface area (Å²) in [5, 5.41) is 4.28. The van der Waals surface area contributed by atoms with Crippen LogP contribution >= 0.6 is 0 Å². The second kappa shape index (κ2) is 9.54. The quantitative estimate of drug-likeness (QED) is 0.306. The summed E-state index contributed by atoms with van der Waals surface area (Å²) in [5.74, 6) is 3.20. The highest BCUT2D eigenvalue weighted by molar-refractivity contribution is 5.82. The summed E-state index contributed by atoms with van der Waals surface area (Å²) in [6, 6.07) is 20.3. The summed E-state index contributed by atoms with van der Waals surface area (Å²) in [6.45, 7) is 3.17. The molecule has 0 spiro atoms. The smallest absolute Gasteiger partial charge is 0.161 e. The second-order valence-electron chi connectivity index (χ2n) is 8.47. The van der Waals surface area contributed by atoms with Crippen LogP contribution in [0.3, 0.4) is 0 Å². The molecule has 3 aromatic carbocycles. The van der Waals surface area contributed by atoms with Gasteiger partial charge in [0.1, 0.15) is 18.2 Å². The van der Waals surface area contributed by atoms with Gasteiger partial charge in [-0.05, 0) is 60.0 Å². The van der Waals surface area contributed by atoms with Gasteiger partial charge in [0.15, 0.2) is 11.5 Å². The SMILES string of the molecule is COc1ccc(COc2ccc(Cn3c(C)nc4cc(-c5cnn(C)c5)ccc43)cc2OC)cc1. The number of ether oxygens (including phenoxy) is 3. The monoisotopic (exact) mass is 468 g/mol. The molecule has 5 aromatic rings. The van der Waals surface area contributed by atoms with Crippen molar-refractivity contribution in [3.05, 3.63) is 90.0 Å². The van der Waals surface area contributed by atoms with Crippen LogP contribution in [0.5, 0.6) is 17.2 Å². The Bertz CT molecular complexity index is 1470. The van der Waals surface area contributed by atoms with Crippen LogP contribution in [-0.4, -0.2) is 33.6 Å². The second-order valence-corrected chi connectivity index (χ2v) is 8.47. The number of hydrogen-bond donors (Lipinski definition) is 0. The van der Waals surface area contributed by atoms with Crippen molar-refractivity contribution in [3.63, 3.8) is 0 Å². The Labute approximate surface area is 204 Å². The van der Waals surface area contributed by atoms with Gasteiger partial charge in [-0.15, -0.1) is 0 Å². The van der Waals surface area contributed by atoms with Crippen molar-refractivity contribution >= 4 is 11.0 Å². The third-order valence-corrected chi connectivity index (χ3v) is 6.10. The maximum atomic E-state index is 6.04. The van der Waals surface area contributed by atoms with Crippen LogP contribution in [0.15, 0.2) is 73.1 Å². The molecule has 0 aliphatic rings. The molecule has 0 aliphatic carbocycles. The predicted molar refractivity (Wildman–Crippen MR) is 136 cm³/mol. The van der Waals surface area contributed by atoms with Crippen LogP contribution < -0.4 is 14.2 Å². The Morgan fingerprint density at radius 2 is 1.63 bits per heavy atom. The predicted octanol–water partition coefficient (Wildman–Crippen LogP) is 5.39. The standard InChI is InChI=1S/C28H28N4O3/c1-19-30-25-14-22(23-15-29-31(2)17-23)8-11-26(25)32(19)16-21-7-12-27(28(13-21)34-4)35-18-20-5-9-24(33-3)10-6-20/h5-15,17H,16,18H2,1-4H3. The highest BCUT2D eigenvalue weighted by Crippen LogP contribution is 2.31. The topological polar surface area (TPSA) is 63.3 Å². The van der Waals surface area contributed by atoms with Crippen LogP contribution in [0, 0.1) is 6.92 Å². The lowest BCUT2D eigenvalue weighted by atomic mass is 10.1. The summed E-state index contributed by atoms with van der Waals surface area (Å²) >= 11 is 0. The molecule has 0 N–H and O–H groups in total. The first-order valence-corrected chi connectivity index (χ1v) is 11.4. The molecule has 0 aliphatic heterocycles. The van der Waals surface area contributed by atoms with Gasteiger partial charge in [0.05, 0.1) is 31.4 Å². The van der Waals surface area contributed by atoms with E-state index in [2.05, 4.69) is 33.9 Å². The highest BCUT2D eigenvalue weighted by atomic mass is 16.5. The summed E-state index contributed by atoms with van der Waals surface area (Å²) in [5.41, 5.74) is 6.41. The average Bonchev–Trinajstić information content (AvgIpc) is 3.45. The molecule has 35 heavy (non-hydrogen) atoms. The largest absolute Gasteiger partial charge is 0.497 e. The van der Waals surface area contributed by atoms with Gasteiger partial charge < -0.3 is 18.8 Å². The summed E-state index contributed by atoms with van der Waals surface area (Å²) < 4.78 is 20.9. The number of fused-ring (bicyclic) bond motifs is 1. The van der Waals surface area contributed by atoms with E-state index in [4.69, 9.17) is 19.2 Å². The van der Waals surface area contributed by atoms with Gasteiger partial charge in [-0.1, -0.05) is 24.3 Å². The molecule has 0 saturated carbocycles. The molecule has 5 rings (SSSR count). The average molecular weight is 469 g/mol. The number of aromatic nitrogens is 4. The summed E-state index contributed by atoms with van der Waals surface area (Å²) in [4.78, 5) is 4.81. The van der Waals surface area contributed by atoms with Crippen LogP contribution in [0.2, 0.25) is 0 Å². The maximum Gasteiger partial charge on any atom is 0.161 e. The number of imidazole rings is 1. The van der Waals surface area contributed by atoms with Gasteiger partial charge in [0.2, 0.25) is 0 Å². The van der Waals surface area contributed by atoms with Gasteiger partial charge in [-0.2, -0.15) is 5.10 Å². The van der Waals surface area contributed by atoms with Crippen molar-refractivity contribution in [2.24, 2.45) is 7.05 Å². The molecule has 7 heteroatoms. The molecule has 178 valence electrons. The highest BCUT2D eigenvalue weighted by Gasteiger charge is 2.12. The number of nitrogens with zero attached hydrogens (tertiary/aromatic N) is 4. The van der Waals surface area contributed by atoms with E-state index in [9.17, 15) is 0 Å². The molecule has 0 radical (unpaired) electrons. The first-order chi connectivity index (χ1) is 17.0. The van der Waals surface area contributed by atoms with Gasteiger partial charge in [-0.3, -0.25) is 4.68 Å². The molecule has 2 heterocycles. The minimum Gasteiger partial charge on any atom is -0.497 e.